The number of hydrazone groups is 1. The number of nitrogens with one attached hydrogen (secondary N) is 1. The fraction of sp³-hybridized carbons (Fsp3) is 0.167. The molecular weight excluding hydrogens is 338 g/mol. The van der Waals surface area contributed by atoms with E-state index in [1.54, 1.807) is 6.21 Å². The van der Waals surface area contributed by atoms with Crippen LogP contribution in [-0.2, 0) is 11.2 Å². The highest BCUT2D eigenvalue weighted by Gasteiger charge is 2.13. The Morgan fingerprint density at radius 3 is 3.08 bits per heavy atom. The van der Waals surface area contributed by atoms with Gasteiger partial charge in [0, 0.05) is 5.39 Å². The number of aryl methyl sites for hydroxylation is 1. The van der Waals surface area contributed by atoms with Crippen molar-refractivity contribution in [3.63, 3.8) is 0 Å². The summed E-state index contributed by atoms with van der Waals surface area (Å²) in [6, 6.07) is 11.6. The zero-order valence-electron chi connectivity index (χ0n) is 13.5. The average molecular weight is 353 g/mol. The highest BCUT2D eigenvalue weighted by atomic mass is 32.1. The van der Waals surface area contributed by atoms with Crippen molar-refractivity contribution in [2.75, 3.05) is 6.79 Å². The highest BCUT2D eigenvalue weighted by Crippen LogP contribution is 2.32. The van der Waals surface area contributed by atoms with E-state index in [2.05, 4.69) is 21.0 Å². The van der Waals surface area contributed by atoms with Crippen LogP contribution < -0.4 is 14.9 Å². The topological polar surface area (TPSA) is 72.8 Å². The van der Waals surface area contributed by atoms with Gasteiger partial charge in [-0.3, -0.25) is 4.79 Å². The number of ether oxygens (including phenoxy) is 2. The molecule has 0 saturated heterocycles. The molecule has 25 heavy (non-hydrogen) atoms. The van der Waals surface area contributed by atoms with Gasteiger partial charge in [-0.25, -0.2) is 5.43 Å². The molecule has 1 amide bonds. The van der Waals surface area contributed by atoms with Gasteiger partial charge in [0.05, 0.1) is 23.0 Å². The number of nitrogens with zero attached hydrogens (tertiary/aromatic N) is 2. The summed E-state index contributed by atoms with van der Waals surface area (Å²) in [5.74, 6) is 1.19. The molecule has 6 nitrogen and oxygen atoms in total. The third-order valence-electron chi connectivity index (χ3n) is 3.83. The molecule has 1 aliphatic heterocycles. The lowest BCUT2D eigenvalue weighted by molar-refractivity contribution is -0.120. The Morgan fingerprint density at radius 2 is 2.16 bits per heavy atom. The van der Waals surface area contributed by atoms with E-state index in [0.717, 1.165) is 26.9 Å². The van der Waals surface area contributed by atoms with Crippen molar-refractivity contribution < 1.29 is 14.3 Å². The van der Waals surface area contributed by atoms with E-state index in [4.69, 9.17) is 9.47 Å². The Labute approximate surface area is 148 Å². The van der Waals surface area contributed by atoms with Gasteiger partial charge in [-0.1, -0.05) is 11.6 Å². The summed E-state index contributed by atoms with van der Waals surface area (Å²) in [5.41, 5.74) is 5.28. The van der Waals surface area contributed by atoms with E-state index in [-0.39, 0.29) is 19.1 Å². The van der Waals surface area contributed by atoms with Crippen molar-refractivity contribution in [1.82, 2.24) is 9.80 Å². The number of carbonyl (C=O) groups excluding carboxylic acids is 1. The Bertz CT molecular complexity index is 981. The fourth-order valence-corrected chi connectivity index (χ4v) is 3.37. The van der Waals surface area contributed by atoms with Crippen LogP contribution in [0, 0.1) is 6.92 Å². The maximum Gasteiger partial charge on any atom is 0.246 e. The first-order chi connectivity index (χ1) is 12.2. The van der Waals surface area contributed by atoms with Crippen molar-refractivity contribution in [3.05, 3.63) is 53.2 Å². The Kier molecular flexibility index (Phi) is 4.07. The second-order valence-electron chi connectivity index (χ2n) is 5.71. The molecule has 0 saturated carbocycles. The molecule has 4 rings (SSSR count). The van der Waals surface area contributed by atoms with E-state index < -0.39 is 0 Å². The van der Waals surface area contributed by atoms with Crippen LogP contribution in [0.25, 0.3) is 10.1 Å². The van der Waals surface area contributed by atoms with Crippen molar-refractivity contribution in [2.45, 2.75) is 13.3 Å². The summed E-state index contributed by atoms with van der Waals surface area (Å²) >= 11 is 1.40. The Hall–Kier alpha value is -2.93. The van der Waals surface area contributed by atoms with Crippen LogP contribution in [0.4, 0.5) is 0 Å². The third-order valence-corrected chi connectivity index (χ3v) is 4.69. The number of hydrogen-bond acceptors (Lipinski definition) is 6. The minimum atomic E-state index is -0.203. The predicted octanol–water partition coefficient (Wildman–Crippen LogP) is 3.03. The lowest BCUT2D eigenvalue weighted by Gasteiger charge is -2.00. The number of aromatic nitrogens is 1. The predicted molar refractivity (Wildman–Crippen MR) is 96.4 cm³/mol. The van der Waals surface area contributed by atoms with Gasteiger partial charge in [0.25, 0.3) is 0 Å². The van der Waals surface area contributed by atoms with Gasteiger partial charge in [0.2, 0.25) is 12.7 Å². The second-order valence-corrected chi connectivity index (χ2v) is 6.52. The van der Waals surface area contributed by atoms with Crippen LogP contribution in [0.2, 0.25) is 0 Å². The number of benzene rings is 2. The molecule has 0 bridgehead atoms. The van der Waals surface area contributed by atoms with Gasteiger partial charge in [-0.2, -0.15) is 9.47 Å². The minimum Gasteiger partial charge on any atom is -0.454 e. The van der Waals surface area contributed by atoms with E-state index in [1.807, 2.05) is 37.3 Å². The summed E-state index contributed by atoms with van der Waals surface area (Å²) in [7, 11) is 0. The standard InChI is InChI=1S/C18H15N3O3S/c1-11-2-5-17-13(6-11)14(21-25-17)8-18(22)20-19-9-12-3-4-15-16(7-12)24-10-23-15/h2-7,9H,8,10H2,1H3,(H,20,22)/b19-9+. The fourth-order valence-electron chi connectivity index (χ4n) is 2.59. The van der Waals surface area contributed by atoms with Gasteiger partial charge >= 0.3 is 0 Å². The van der Waals surface area contributed by atoms with E-state index in [1.165, 1.54) is 11.5 Å². The molecular formula is C18H15N3O3S. The van der Waals surface area contributed by atoms with Crippen LogP contribution in [0.3, 0.4) is 0 Å². The number of fused-ring (bicyclic) bond motifs is 2. The SMILES string of the molecule is Cc1ccc2snc(CC(=O)N/N=C/c3ccc4c(c3)OCO4)c2c1. The summed E-state index contributed by atoms with van der Waals surface area (Å²) in [6.45, 7) is 2.25. The van der Waals surface area contributed by atoms with Crippen molar-refractivity contribution in [3.8, 4) is 11.5 Å². The molecule has 7 heteroatoms. The first kappa shape index (κ1) is 15.6. The van der Waals surface area contributed by atoms with E-state index in [9.17, 15) is 4.79 Å². The molecule has 1 aromatic heterocycles. The maximum absolute atomic E-state index is 12.1. The molecule has 126 valence electrons. The largest absolute Gasteiger partial charge is 0.454 e. The van der Waals surface area contributed by atoms with Crippen molar-refractivity contribution in [1.29, 1.82) is 0 Å². The molecule has 2 aromatic carbocycles. The van der Waals surface area contributed by atoms with Gasteiger partial charge in [-0.05, 0) is 54.4 Å². The number of amides is 1. The third kappa shape index (κ3) is 3.32. The van der Waals surface area contributed by atoms with Crippen LogP contribution in [-0.4, -0.2) is 23.3 Å². The van der Waals surface area contributed by atoms with Crippen molar-refractivity contribution >= 4 is 33.7 Å². The summed E-state index contributed by atoms with van der Waals surface area (Å²) in [6.07, 6.45) is 1.77. The van der Waals surface area contributed by atoms with Crippen LogP contribution in [0.5, 0.6) is 11.5 Å². The molecule has 3 aromatic rings. The molecule has 1 N–H and O–H groups in total. The molecule has 2 heterocycles. The van der Waals surface area contributed by atoms with Gasteiger partial charge < -0.3 is 9.47 Å². The first-order valence-corrected chi connectivity index (χ1v) is 8.53. The molecule has 0 fully saturated rings. The van der Waals surface area contributed by atoms with E-state index >= 15 is 0 Å². The smallest absolute Gasteiger partial charge is 0.246 e. The van der Waals surface area contributed by atoms with Crippen LogP contribution >= 0.6 is 11.5 Å². The van der Waals surface area contributed by atoms with Crippen molar-refractivity contribution in [2.24, 2.45) is 5.10 Å². The van der Waals surface area contributed by atoms with Gasteiger partial charge in [0.15, 0.2) is 11.5 Å². The average Bonchev–Trinajstić information content (AvgIpc) is 3.21. The Morgan fingerprint density at radius 1 is 1.28 bits per heavy atom. The molecule has 1 aliphatic rings. The number of carbonyl (C=O) groups is 1. The van der Waals surface area contributed by atoms with E-state index in [0.29, 0.717) is 11.5 Å². The molecule has 0 atom stereocenters. The summed E-state index contributed by atoms with van der Waals surface area (Å²) in [4.78, 5) is 12.1. The molecule has 0 spiro atoms. The minimum absolute atomic E-state index is 0.196. The molecule has 0 unspecified atom stereocenters. The van der Waals surface area contributed by atoms with Gasteiger partial charge in [0.1, 0.15) is 0 Å². The van der Waals surface area contributed by atoms with Crippen LogP contribution in [0.1, 0.15) is 16.8 Å². The zero-order chi connectivity index (χ0) is 17.2. The molecule has 0 radical (unpaired) electrons. The second kappa shape index (κ2) is 6.52. The molecule has 0 aliphatic carbocycles. The maximum atomic E-state index is 12.1. The number of rotatable bonds is 4. The lowest BCUT2D eigenvalue weighted by atomic mass is 10.1. The monoisotopic (exact) mass is 353 g/mol. The highest BCUT2D eigenvalue weighted by molar-refractivity contribution is 7.13. The summed E-state index contributed by atoms with van der Waals surface area (Å²) in [5, 5.41) is 5.03. The summed E-state index contributed by atoms with van der Waals surface area (Å²) < 4.78 is 16.0. The normalized spacial score (nSPS) is 12.8. The van der Waals surface area contributed by atoms with Gasteiger partial charge in [-0.15, -0.1) is 0 Å². The zero-order valence-corrected chi connectivity index (χ0v) is 14.3. The quantitative estimate of drug-likeness (QED) is 0.578. The van der Waals surface area contributed by atoms with Crippen LogP contribution in [0.15, 0.2) is 41.5 Å². The Balaban J connectivity index is 1.41. The number of hydrogen-bond donors (Lipinski definition) is 1. The lowest BCUT2D eigenvalue weighted by Crippen LogP contribution is -2.20. The first-order valence-electron chi connectivity index (χ1n) is 7.75.